The smallest absolute Gasteiger partial charge is 0.373 e. The third kappa shape index (κ3) is 3.70. The number of nitrogens with zero attached hydrogens (tertiary/aromatic N) is 2. The van der Waals surface area contributed by atoms with Crippen molar-refractivity contribution in [2.75, 3.05) is 7.11 Å². The minimum atomic E-state index is -0.487. The number of benzene rings is 2. The first-order valence-corrected chi connectivity index (χ1v) is 9.06. The van der Waals surface area contributed by atoms with Gasteiger partial charge in [0.1, 0.15) is 5.76 Å². The molecule has 0 fully saturated rings. The van der Waals surface area contributed by atoms with Gasteiger partial charge in [0.15, 0.2) is 0 Å². The van der Waals surface area contributed by atoms with Gasteiger partial charge in [-0.25, -0.2) is 4.79 Å². The molecule has 0 unspecified atom stereocenters. The highest BCUT2D eigenvalue weighted by Gasteiger charge is 2.13. The van der Waals surface area contributed by atoms with Crippen LogP contribution in [0.15, 0.2) is 76.3 Å². The number of ether oxygens (including phenoxy) is 1. The van der Waals surface area contributed by atoms with Crippen molar-refractivity contribution in [1.29, 1.82) is 0 Å². The van der Waals surface area contributed by atoms with Crippen LogP contribution >= 0.6 is 11.6 Å². The lowest BCUT2D eigenvalue weighted by atomic mass is 10.2. The molecule has 0 amide bonds. The Hall–Kier alpha value is -3.31. The third-order valence-electron chi connectivity index (χ3n) is 4.37. The van der Waals surface area contributed by atoms with E-state index in [1.54, 1.807) is 12.1 Å². The van der Waals surface area contributed by atoms with Crippen LogP contribution in [-0.2, 0) is 11.3 Å². The second-order valence-corrected chi connectivity index (χ2v) is 6.66. The first-order valence-electron chi connectivity index (χ1n) is 8.68. The maximum atomic E-state index is 11.6. The number of esters is 1. The van der Waals surface area contributed by atoms with Crippen LogP contribution in [0.5, 0.6) is 0 Å². The number of aliphatic imine (C=N–C) groups is 1. The molecule has 6 heteroatoms. The first kappa shape index (κ1) is 18.1. The van der Waals surface area contributed by atoms with Gasteiger partial charge in [-0.3, -0.25) is 4.99 Å². The number of halogens is 1. The Morgan fingerprint density at radius 2 is 1.93 bits per heavy atom. The number of furan rings is 1. The van der Waals surface area contributed by atoms with E-state index in [9.17, 15) is 4.79 Å². The molecule has 2 aromatic heterocycles. The van der Waals surface area contributed by atoms with E-state index in [0.29, 0.717) is 17.3 Å². The molecular formula is C22H17ClN2O3. The molecule has 0 N–H and O–H groups in total. The number of methoxy groups -OCH3 is 1. The van der Waals surface area contributed by atoms with Crippen LogP contribution in [0.4, 0.5) is 5.69 Å². The first-order chi connectivity index (χ1) is 13.6. The molecule has 0 spiro atoms. The summed E-state index contributed by atoms with van der Waals surface area (Å²) in [4.78, 5) is 16.1. The standard InChI is InChI=1S/C22H17ClN2O3/c1-27-22(26)21-11-10-18(28-21)14-25-13-15(19-4-2-3-5-20(19)25)12-24-17-8-6-16(23)7-9-17/h2-13H,14H2,1H3. The van der Waals surface area contributed by atoms with Gasteiger partial charge in [-0.2, -0.15) is 0 Å². The summed E-state index contributed by atoms with van der Waals surface area (Å²) >= 11 is 5.92. The molecule has 0 aliphatic rings. The van der Waals surface area contributed by atoms with Crippen LogP contribution in [0.25, 0.3) is 10.9 Å². The maximum absolute atomic E-state index is 11.6. The van der Waals surface area contributed by atoms with E-state index in [-0.39, 0.29) is 5.76 Å². The second-order valence-electron chi connectivity index (χ2n) is 6.22. The van der Waals surface area contributed by atoms with Gasteiger partial charge in [0.05, 0.1) is 19.3 Å². The highest BCUT2D eigenvalue weighted by molar-refractivity contribution is 6.30. The van der Waals surface area contributed by atoms with E-state index in [2.05, 4.69) is 15.6 Å². The average molecular weight is 393 g/mol. The Bertz CT molecular complexity index is 1160. The highest BCUT2D eigenvalue weighted by Crippen LogP contribution is 2.23. The second kappa shape index (κ2) is 7.74. The Labute approximate surface area is 166 Å². The molecule has 5 nitrogen and oxygen atoms in total. The minimum absolute atomic E-state index is 0.193. The molecule has 0 atom stereocenters. The minimum Gasteiger partial charge on any atom is -0.463 e. The fraction of sp³-hybridized carbons (Fsp3) is 0.0909. The zero-order valence-corrected chi connectivity index (χ0v) is 15.9. The Balaban J connectivity index is 1.65. The van der Waals surface area contributed by atoms with Gasteiger partial charge in [0.2, 0.25) is 5.76 Å². The van der Waals surface area contributed by atoms with Gasteiger partial charge in [-0.05, 0) is 42.5 Å². The van der Waals surface area contributed by atoms with E-state index in [1.807, 2.05) is 54.9 Å². The fourth-order valence-electron chi connectivity index (χ4n) is 3.02. The number of para-hydroxylation sites is 1. The Morgan fingerprint density at radius 3 is 2.71 bits per heavy atom. The molecule has 2 heterocycles. The van der Waals surface area contributed by atoms with Crippen molar-refractivity contribution in [2.24, 2.45) is 4.99 Å². The molecule has 0 bridgehead atoms. The number of rotatable bonds is 5. The number of hydrogen-bond donors (Lipinski definition) is 0. The van der Waals surface area contributed by atoms with Crippen LogP contribution in [-0.4, -0.2) is 23.9 Å². The molecule has 0 radical (unpaired) electrons. The van der Waals surface area contributed by atoms with E-state index >= 15 is 0 Å². The van der Waals surface area contributed by atoms with E-state index < -0.39 is 5.97 Å². The Morgan fingerprint density at radius 1 is 1.14 bits per heavy atom. The lowest BCUT2D eigenvalue weighted by Crippen LogP contribution is -1.99. The predicted molar refractivity (Wildman–Crippen MR) is 110 cm³/mol. The summed E-state index contributed by atoms with van der Waals surface area (Å²) in [5, 5.41) is 1.76. The summed E-state index contributed by atoms with van der Waals surface area (Å²) < 4.78 is 12.4. The molecule has 2 aromatic carbocycles. The van der Waals surface area contributed by atoms with E-state index in [1.165, 1.54) is 7.11 Å². The van der Waals surface area contributed by atoms with Crippen molar-refractivity contribution in [3.8, 4) is 0 Å². The van der Waals surface area contributed by atoms with Crippen LogP contribution in [0.2, 0.25) is 5.02 Å². The van der Waals surface area contributed by atoms with Gasteiger partial charge < -0.3 is 13.7 Å². The number of carbonyl (C=O) groups excluding carboxylic acids is 1. The summed E-state index contributed by atoms with van der Waals surface area (Å²) in [7, 11) is 1.33. The normalized spacial score (nSPS) is 11.4. The number of aromatic nitrogens is 1. The highest BCUT2D eigenvalue weighted by atomic mass is 35.5. The van der Waals surface area contributed by atoms with E-state index in [0.717, 1.165) is 22.2 Å². The van der Waals surface area contributed by atoms with Crippen LogP contribution in [0.1, 0.15) is 21.9 Å². The molecule has 0 aliphatic heterocycles. The molecule has 4 rings (SSSR count). The molecule has 4 aromatic rings. The van der Waals surface area contributed by atoms with Crippen molar-refractivity contribution in [1.82, 2.24) is 4.57 Å². The van der Waals surface area contributed by atoms with Gasteiger partial charge in [0, 0.05) is 33.9 Å². The van der Waals surface area contributed by atoms with Crippen LogP contribution < -0.4 is 0 Å². The lowest BCUT2D eigenvalue weighted by Gasteiger charge is -2.02. The molecule has 0 saturated heterocycles. The summed E-state index contributed by atoms with van der Waals surface area (Å²) in [5.74, 6) is 0.375. The topological polar surface area (TPSA) is 56.7 Å². The van der Waals surface area contributed by atoms with Crippen molar-refractivity contribution in [3.63, 3.8) is 0 Å². The number of fused-ring (bicyclic) bond motifs is 1. The van der Waals surface area contributed by atoms with Crippen LogP contribution in [0.3, 0.4) is 0 Å². The average Bonchev–Trinajstić information content (AvgIpc) is 3.33. The van der Waals surface area contributed by atoms with Crippen molar-refractivity contribution in [2.45, 2.75) is 6.54 Å². The summed E-state index contributed by atoms with van der Waals surface area (Å²) in [6, 6.07) is 18.8. The molecule has 28 heavy (non-hydrogen) atoms. The lowest BCUT2D eigenvalue weighted by molar-refractivity contribution is 0.0563. The zero-order valence-electron chi connectivity index (χ0n) is 15.1. The molecular weight excluding hydrogens is 376 g/mol. The van der Waals surface area contributed by atoms with Gasteiger partial charge in [0.25, 0.3) is 0 Å². The predicted octanol–water partition coefficient (Wildman–Crippen LogP) is 5.47. The third-order valence-corrected chi connectivity index (χ3v) is 4.63. The zero-order chi connectivity index (χ0) is 19.5. The van der Waals surface area contributed by atoms with Crippen molar-refractivity contribution < 1.29 is 13.9 Å². The number of hydrogen-bond acceptors (Lipinski definition) is 4. The Kier molecular flexibility index (Phi) is 5.00. The molecule has 0 saturated carbocycles. The molecule has 140 valence electrons. The quantitative estimate of drug-likeness (QED) is 0.334. The largest absolute Gasteiger partial charge is 0.463 e. The molecule has 0 aliphatic carbocycles. The van der Waals surface area contributed by atoms with Gasteiger partial charge in [-0.15, -0.1) is 0 Å². The monoisotopic (exact) mass is 392 g/mol. The SMILES string of the molecule is COC(=O)c1ccc(Cn2cc(C=Nc3ccc(Cl)cc3)c3ccccc32)o1. The summed E-state index contributed by atoms with van der Waals surface area (Å²) in [5.41, 5.74) is 2.87. The maximum Gasteiger partial charge on any atom is 0.373 e. The van der Waals surface area contributed by atoms with E-state index in [4.69, 9.17) is 20.8 Å². The van der Waals surface area contributed by atoms with Crippen molar-refractivity contribution in [3.05, 3.63) is 89.0 Å². The van der Waals surface area contributed by atoms with Gasteiger partial charge >= 0.3 is 5.97 Å². The fourth-order valence-corrected chi connectivity index (χ4v) is 3.15. The summed E-state index contributed by atoms with van der Waals surface area (Å²) in [6.45, 7) is 0.492. The summed E-state index contributed by atoms with van der Waals surface area (Å²) in [6.07, 6.45) is 3.86. The van der Waals surface area contributed by atoms with Crippen LogP contribution in [0, 0.1) is 0 Å². The van der Waals surface area contributed by atoms with Crippen molar-refractivity contribution >= 4 is 40.4 Å². The number of carbonyl (C=O) groups is 1. The van der Waals surface area contributed by atoms with Gasteiger partial charge in [-0.1, -0.05) is 29.8 Å².